The maximum absolute atomic E-state index is 10.7. The van der Waals surface area contributed by atoms with E-state index in [1.54, 1.807) is 11.8 Å². The lowest BCUT2D eigenvalue weighted by Crippen LogP contribution is -1.99. The number of carbonyl (C=O) groups is 1. The predicted molar refractivity (Wildman–Crippen MR) is 82.2 cm³/mol. The molecule has 0 aliphatic heterocycles. The molecule has 0 spiro atoms. The van der Waals surface area contributed by atoms with Gasteiger partial charge in [0.1, 0.15) is 0 Å². The van der Waals surface area contributed by atoms with E-state index in [9.17, 15) is 4.79 Å². The fraction of sp³-hybridized carbons (Fsp3) is 0.200. The number of carboxylic acid groups (broad SMARTS) is 1. The topological polar surface area (TPSA) is 50.2 Å². The van der Waals surface area contributed by atoms with E-state index in [4.69, 9.17) is 5.11 Å². The zero-order valence-corrected chi connectivity index (χ0v) is 12.6. The molecule has 0 amide bonds. The monoisotopic (exact) mass is 303 g/mol. The van der Waals surface area contributed by atoms with Crippen LogP contribution in [0.1, 0.15) is 16.1 Å². The molecule has 1 aromatic carbocycles. The van der Waals surface area contributed by atoms with Gasteiger partial charge in [-0.15, -0.1) is 11.3 Å². The summed E-state index contributed by atoms with van der Waals surface area (Å²) in [5.41, 5.74) is 1.80. The highest BCUT2D eigenvalue weighted by Gasteiger charge is 2.10. The van der Waals surface area contributed by atoms with Crippen molar-refractivity contribution in [3.05, 3.63) is 46.5 Å². The third-order valence-corrected chi connectivity index (χ3v) is 4.64. The molecule has 1 heterocycles. The molecule has 1 N–H and O–H groups in total. The summed E-state index contributed by atoms with van der Waals surface area (Å²) in [4.78, 5) is 15.9. The number of aliphatic carboxylic acids is 1. The van der Waals surface area contributed by atoms with Gasteiger partial charge in [-0.25, -0.2) is 4.98 Å². The molecule has 2 rings (SSSR count). The van der Waals surface area contributed by atoms with Crippen LogP contribution in [0.4, 0.5) is 0 Å². The van der Waals surface area contributed by atoms with Crippen LogP contribution in [-0.4, -0.2) is 21.8 Å². The lowest BCUT2D eigenvalue weighted by molar-refractivity contribution is -0.136. The summed E-state index contributed by atoms with van der Waals surface area (Å²) in [5.74, 6) is 5.99. The minimum Gasteiger partial charge on any atom is -0.481 e. The molecular weight excluding hydrogens is 290 g/mol. The number of hydrogen-bond donors (Lipinski definition) is 1. The highest BCUT2D eigenvalue weighted by molar-refractivity contribution is 8.01. The largest absolute Gasteiger partial charge is 0.481 e. The van der Waals surface area contributed by atoms with Gasteiger partial charge in [0.2, 0.25) is 0 Å². The molecule has 2 aromatic rings. The Morgan fingerprint density at radius 1 is 1.40 bits per heavy atom. The van der Waals surface area contributed by atoms with E-state index in [0.29, 0.717) is 5.75 Å². The van der Waals surface area contributed by atoms with Crippen LogP contribution in [0.5, 0.6) is 0 Å². The number of hydrogen-bond acceptors (Lipinski definition) is 4. The van der Waals surface area contributed by atoms with Crippen LogP contribution in [0.3, 0.4) is 0 Å². The minimum absolute atomic E-state index is 0.0414. The molecule has 0 atom stereocenters. The van der Waals surface area contributed by atoms with E-state index in [-0.39, 0.29) is 6.42 Å². The third-order valence-electron chi connectivity index (χ3n) is 2.46. The normalized spacial score (nSPS) is 9.85. The lowest BCUT2D eigenvalue weighted by atomic mass is 10.2. The molecule has 5 heteroatoms. The molecule has 0 radical (unpaired) electrons. The maximum atomic E-state index is 10.7. The SMILES string of the molecule is Cc1nc(SCC#Cc2ccccc2)sc1CC(=O)O. The smallest absolute Gasteiger partial charge is 0.308 e. The Kier molecular flexibility index (Phi) is 5.22. The summed E-state index contributed by atoms with van der Waals surface area (Å²) in [6, 6.07) is 9.81. The van der Waals surface area contributed by atoms with Crippen molar-refractivity contribution < 1.29 is 9.90 Å². The van der Waals surface area contributed by atoms with Gasteiger partial charge in [-0.2, -0.15) is 0 Å². The van der Waals surface area contributed by atoms with E-state index >= 15 is 0 Å². The molecule has 0 fully saturated rings. The van der Waals surface area contributed by atoms with Crippen molar-refractivity contribution in [2.45, 2.75) is 17.7 Å². The van der Waals surface area contributed by atoms with Gasteiger partial charge < -0.3 is 5.11 Å². The zero-order chi connectivity index (χ0) is 14.4. The summed E-state index contributed by atoms with van der Waals surface area (Å²) < 4.78 is 0.876. The van der Waals surface area contributed by atoms with Gasteiger partial charge in [0.15, 0.2) is 4.34 Å². The van der Waals surface area contributed by atoms with Gasteiger partial charge in [0.05, 0.1) is 17.9 Å². The van der Waals surface area contributed by atoms with E-state index in [2.05, 4.69) is 16.8 Å². The quantitative estimate of drug-likeness (QED) is 0.696. The Balaban J connectivity index is 1.92. The summed E-state index contributed by atoms with van der Waals surface area (Å²) in [5, 5.41) is 8.79. The van der Waals surface area contributed by atoms with Crippen LogP contribution >= 0.6 is 23.1 Å². The fourth-order valence-corrected chi connectivity index (χ4v) is 3.49. The molecular formula is C15H13NO2S2. The second kappa shape index (κ2) is 7.13. The minimum atomic E-state index is -0.822. The van der Waals surface area contributed by atoms with Crippen molar-refractivity contribution in [1.82, 2.24) is 4.98 Å². The van der Waals surface area contributed by atoms with E-state index in [0.717, 1.165) is 20.5 Å². The molecule has 3 nitrogen and oxygen atoms in total. The van der Waals surface area contributed by atoms with Gasteiger partial charge in [-0.1, -0.05) is 41.8 Å². The molecule has 0 unspecified atom stereocenters. The van der Waals surface area contributed by atoms with Crippen LogP contribution in [0, 0.1) is 18.8 Å². The van der Waals surface area contributed by atoms with Gasteiger partial charge in [-0.05, 0) is 19.1 Å². The summed E-state index contributed by atoms with van der Waals surface area (Å²) in [6.45, 7) is 1.84. The first-order chi connectivity index (χ1) is 9.65. The number of benzene rings is 1. The predicted octanol–water partition coefficient (Wildman–Crippen LogP) is 3.22. The number of carboxylic acids is 1. The summed E-state index contributed by atoms with van der Waals surface area (Å²) in [6.07, 6.45) is 0.0414. The first-order valence-corrected chi connectivity index (χ1v) is 7.80. The Labute approximate surface area is 126 Å². The molecule has 0 aliphatic rings. The first-order valence-electron chi connectivity index (χ1n) is 6.00. The number of thiazole rings is 1. The Morgan fingerprint density at radius 2 is 2.15 bits per heavy atom. The molecule has 1 aromatic heterocycles. The number of rotatable bonds is 4. The average Bonchev–Trinajstić information content (AvgIpc) is 2.76. The van der Waals surface area contributed by atoms with Crippen LogP contribution in [0.15, 0.2) is 34.7 Å². The van der Waals surface area contributed by atoms with E-state index in [1.165, 1.54) is 11.3 Å². The van der Waals surface area contributed by atoms with Crippen LogP contribution in [-0.2, 0) is 11.2 Å². The second-order valence-corrected chi connectivity index (χ2v) is 6.32. The van der Waals surface area contributed by atoms with E-state index < -0.39 is 5.97 Å². The average molecular weight is 303 g/mol. The standard InChI is InChI=1S/C15H13NO2S2/c1-11-13(10-14(17)18)20-15(16-11)19-9-5-8-12-6-3-2-4-7-12/h2-4,6-7H,9-10H2,1H3,(H,17,18). The van der Waals surface area contributed by atoms with Crippen molar-refractivity contribution in [3.63, 3.8) is 0 Å². The Morgan fingerprint density at radius 3 is 2.85 bits per heavy atom. The zero-order valence-electron chi connectivity index (χ0n) is 10.9. The third kappa shape index (κ3) is 4.41. The molecule has 0 saturated heterocycles. The second-order valence-electron chi connectivity index (χ2n) is 4.02. The number of nitrogens with zero attached hydrogens (tertiary/aromatic N) is 1. The van der Waals surface area contributed by atoms with Gasteiger partial charge in [-0.3, -0.25) is 4.79 Å². The molecule has 0 saturated carbocycles. The Hall–Kier alpha value is -1.77. The Bertz CT molecular complexity index is 654. The summed E-state index contributed by atoms with van der Waals surface area (Å²) >= 11 is 2.98. The molecule has 20 heavy (non-hydrogen) atoms. The number of thioether (sulfide) groups is 1. The van der Waals surface area contributed by atoms with Crippen molar-refractivity contribution in [2.24, 2.45) is 0 Å². The molecule has 102 valence electrons. The van der Waals surface area contributed by atoms with Crippen LogP contribution in [0.25, 0.3) is 0 Å². The van der Waals surface area contributed by atoms with Crippen LogP contribution < -0.4 is 0 Å². The van der Waals surface area contributed by atoms with E-state index in [1.807, 2.05) is 37.3 Å². The first kappa shape index (κ1) is 14.6. The maximum Gasteiger partial charge on any atom is 0.308 e. The van der Waals surface area contributed by atoms with Crippen molar-refractivity contribution in [1.29, 1.82) is 0 Å². The molecule has 0 bridgehead atoms. The van der Waals surface area contributed by atoms with Gasteiger partial charge in [0.25, 0.3) is 0 Å². The van der Waals surface area contributed by atoms with Crippen molar-refractivity contribution in [2.75, 3.05) is 5.75 Å². The summed E-state index contributed by atoms with van der Waals surface area (Å²) in [7, 11) is 0. The number of aryl methyl sites for hydroxylation is 1. The highest BCUT2D eigenvalue weighted by atomic mass is 32.2. The molecule has 0 aliphatic carbocycles. The fourth-order valence-electron chi connectivity index (χ4n) is 1.52. The number of aromatic nitrogens is 1. The lowest BCUT2D eigenvalue weighted by Gasteiger charge is -1.90. The van der Waals surface area contributed by atoms with Crippen molar-refractivity contribution >= 4 is 29.1 Å². The van der Waals surface area contributed by atoms with Crippen LogP contribution in [0.2, 0.25) is 0 Å². The highest BCUT2D eigenvalue weighted by Crippen LogP contribution is 2.27. The van der Waals surface area contributed by atoms with Gasteiger partial charge >= 0.3 is 5.97 Å². The van der Waals surface area contributed by atoms with Crippen molar-refractivity contribution in [3.8, 4) is 11.8 Å². The van der Waals surface area contributed by atoms with Gasteiger partial charge in [0, 0.05) is 10.4 Å².